The minimum absolute atomic E-state index is 0.159. The first-order chi connectivity index (χ1) is 15.8. The van der Waals surface area contributed by atoms with E-state index in [-0.39, 0.29) is 22.7 Å². The van der Waals surface area contributed by atoms with Gasteiger partial charge in [0.2, 0.25) is 0 Å². The highest BCUT2D eigenvalue weighted by Crippen LogP contribution is 2.24. The number of nitrogens with zero attached hydrogens (tertiary/aromatic N) is 1. The minimum atomic E-state index is -0.713. The zero-order valence-corrected chi connectivity index (χ0v) is 18.8. The van der Waals surface area contributed by atoms with E-state index in [9.17, 15) is 24.1 Å². The molecule has 10 heteroatoms. The molecule has 0 aliphatic carbocycles. The molecule has 0 saturated carbocycles. The van der Waals surface area contributed by atoms with E-state index in [4.69, 9.17) is 4.74 Å². The highest BCUT2D eigenvalue weighted by atomic mass is 79.9. The Balaban J connectivity index is 1.97. The fraction of sp³-hybridized carbons (Fsp3) is 0.0435. The Labute approximate surface area is 196 Å². The number of non-ortho nitro benzene ring substituents is 1. The van der Waals surface area contributed by atoms with E-state index in [1.807, 2.05) is 0 Å². The number of ether oxygens (including phenoxy) is 1. The number of hydrogen-bond donors (Lipinski definition) is 2. The molecular weight excluding hydrogens is 497 g/mol. The Morgan fingerprint density at radius 3 is 2.48 bits per heavy atom. The lowest BCUT2D eigenvalue weighted by atomic mass is 10.1. The van der Waals surface area contributed by atoms with Crippen LogP contribution in [0.5, 0.6) is 5.75 Å². The Morgan fingerprint density at radius 2 is 1.82 bits per heavy atom. The number of carbonyl (C=O) groups excluding carboxylic acids is 2. The van der Waals surface area contributed by atoms with Gasteiger partial charge in [0.05, 0.1) is 17.6 Å². The number of benzene rings is 3. The largest absolute Gasteiger partial charge is 0.496 e. The van der Waals surface area contributed by atoms with Crippen LogP contribution in [0, 0.1) is 15.9 Å². The normalized spacial score (nSPS) is 10.9. The van der Waals surface area contributed by atoms with Gasteiger partial charge >= 0.3 is 0 Å². The Kier molecular flexibility index (Phi) is 7.52. The van der Waals surface area contributed by atoms with Crippen LogP contribution in [-0.4, -0.2) is 23.8 Å². The molecule has 2 N–H and O–H groups in total. The summed E-state index contributed by atoms with van der Waals surface area (Å²) in [6.45, 7) is 0. The molecule has 0 aliphatic rings. The monoisotopic (exact) mass is 513 g/mol. The maximum Gasteiger partial charge on any atom is 0.272 e. The molecule has 3 aromatic carbocycles. The topological polar surface area (TPSA) is 111 Å². The summed E-state index contributed by atoms with van der Waals surface area (Å²) < 4.78 is 19.0. The van der Waals surface area contributed by atoms with E-state index in [1.54, 1.807) is 18.2 Å². The summed E-state index contributed by atoms with van der Waals surface area (Å²) in [4.78, 5) is 36.4. The fourth-order valence-corrected chi connectivity index (χ4v) is 3.19. The number of carbonyl (C=O) groups is 2. The summed E-state index contributed by atoms with van der Waals surface area (Å²) >= 11 is 3.29. The summed E-state index contributed by atoms with van der Waals surface area (Å²) in [5, 5.41) is 16.2. The van der Waals surface area contributed by atoms with Gasteiger partial charge in [0.25, 0.3) is 17.5 Å². The molecule has 0 bridgehead atoms. The zero-order chi connectivity index (χ0) is 24.0. The van der Waals surface area contributed by atoms with Crippen molar-refractivity contribution in [2.75, 3.05) is 12.4 Å². The average molecular weight is 514 g/mol. The van der Waals surface area contributed by atoms with Gasteiger partial charge in [-0.25, -0.2) is 4.39 Å². The van der Waals surface area contributed by atoms with Crippen molar-refractivity contribution in [2.45, 2.75) is 0 Å². The van der Waals surface area contributed by atoms with Crippen LogP contribution in [0.15, 0.2) is 76.9 Å². The lowest BCUT2D eigenvalue weighted by molar-refractivity contribution is -0.384. The van der Waals surface area contributed by atoms with Crippen LogP contribution in [0.4, 0.5) is 15.8 Å². The SMILES string of the molecule is COc1ccc(Br)cc1C(=O)NC(=Cc1cccc([N+](=O)[O-])c1)C(=O)Nc1ccc(F)cc1. The van der Waals surface area contributed by atoms with Crippen LogP contribution >= 0.6 is 15.9 Å². The van der Waals surface area contributed by atoms with Crippen molar-refractivity contribution >= 4 is 45.2 Å². The van der Waals surface area contributed by atoms with Crippen LogP contribution in [0.2, 0.25) is 0 Å². The van der Waals surface area contributed by atoms with Gasteiger partial charge in [-0.2, -0.15) is 0 Å². The van der Waals surface area contributed by atoms with E-state index in [2.05, 4.69) is 26.6 Å². The molecular formula is C23H17BrFN3O5. The van der Waals surface area contributed by atoms with Crippen molar-refractivity contribution in [3.8, 4) is 5.75 Å². The van der Waals surface area contributed by atoms with Gasteiger partial charge < -0.3 is 15.4 Å². The lowest BCUT2D eigenvalue weighted by Crippen LogP contribution is -2.31. The van der Waals surface area contributed by atoms with Crippen molar-refractivity contribution < 1.29 is 23.6 Å². The molecule has 0 aromatic heterocycles. The first-order valence-electron chi connectivity index (χ1n) is 9.45. The predicted molar refractivity (Wildman–Crippen MR) is 124 cm³/mol. The minimum Gasteiger partial charge on any atom is -0.496 e. The zero-order valence-electron chi connectivity index (χ0n) is 17.2. The number of methoxy groups -OCH3 is 1. The highest BCUT2D eigenvalue weighted by Gasteiger charge is 2.19. The van der Waals surface area contributed by atoms with Crippen molar-refractivity contribution in [1.82, 2.24) is 5.32 Å². The molecule has 0 fully saturated rings. The van der Waals surface area contributed by atoms with Crippen LogP contribution in [0.3, 0.4) is 0 Å². The summed E-state index contributed by atoms with van der Waals surface area (Å²) in [6, 6.07) is 15.4. The third-order valence-corrected chi connectivity index (χ3v) is 4.89. The second-order valence-electron chi connectivity index (χ2n) is 6.67. The van der Waals surface area contributed by atoms with Gasteiger partial charge in [-0.3, -0.25) is 19.7 Å². The Bertz CT molecular complexity index is 1250. The Morgan fingerprint density at radius 1 is 1.09 bits per heavy atom. The third-order valence-electron chi connectivity index (χ3n) is 4.39. The molecule has 0 spiro atoms. The van der Waals surface area contributed by atoms with Crippen LogP contribution in [0.1, 0.15) is 15.9 Å². The number of hydrogen-bond acceptors (Lipinski definition) is 5. The van der Waals surface area contributed by atoms with Crippen molar-refractivity contribution in [3.63, 3.8) is 0 Å². The number of nitrogens with one attached hydrogen (secondary N) is 2. The molecule has 3 rings (SSSR count). The van der Waals surface area contributed by atoms with Gasteiger partial charge in [-0.1, -0.05) is 28.1 Å². The Hall–Kier alpha value is -4.05. The van der Waals surface area contributed by atoms with Crippen molar-refractivity contribution in [2.24, 2.45) is 0 Å². The fourth-order valence-electron chi connectivity index (χ4n) is 2.83. The smallest absolute Gasteiger partial charge is 0.272 e. The van der Waals surface area contributed by atoms with Gasteiger partial charge in [-0.05, 0) is 54.1 Å². The molecule has 0 saturated heterocycles. The summed E-state index contributed by atoms with van der Waals surface area (Å²) in [7, 11) is 1.40. The lowest BCUT2D eigenvalue weighted by Gasteiger charge is -2.13. The number of halogens is 2. The number of anilines is 1. The van der Waals surface area contributed by atoms with Crippen LogP contribution < -0.4 is 15.4 Å². The van der Waals surface area contributed by atoms with E-state index in [0.29, 0.717) is 15.7 Å². The molecule has 168 valence electrons. The second-order valence-corrected chi connectivity index (χ2v) is 7.59. The summed E-state index contributed by atoms with van der Waals surface area (Å²) in [5.74, 6) is -1.55. The standard InChI is InChI=1S/C23H17BrFN3O5/c1-33-21-10-5-15(24)13-19(21)22(29)27-20(12-14-3-2-4-18(11-14)28(31)32)23(30)26-17-8-6-16(25)7-9-17/h2-13H,1H3,(H,26,30)(H,27,29). The maximum absolute atomic E-state index is 13.2. The van der Waals surface area contributed by atoms with E-state index in [1.165, 1.54) is 61.7 Å². The molecule has 0 aliphatic heterocycles. The second kappa shape index (κ2) is 10.5. The average Bonchev–Trinajstić information content (AvgIpc) is 2.80. The highest BCUT2D eigenvalue weighted by molar-refractivity contribution is 9.10. The number of rotatable bonds is 7. The molecule has 0 heterocycles. The first kappa shape index (κ1) is 23.6. The molecule has 8 nitrogen and oxygen atoms in total. The predicted octanol–water partition coefficient (Wildman–Crippen LogP) is 4.91. The van der Waals surface area contributed by atoms with Gasteiger partial charge in [0.15, 0.2) is 0 Å². The molecule has 2 amide bonds. The third kappa shape index (κ3) is 6.23. The molecule has 0 atom stereocenters. The molecule has 3 aromatic rings. The number of nitro benzene ring substituents is 1. The van der Waals surface area contributed by atoms with Crippen LogP contribution in [-0.2, 0) is 4.79 Å². The van der Waals surface area contributed by atoms with Gasteiger partial charge in [0.1, 0.15) is 17.3 Å². The van der Waals surface area contributed by atoms with E-state index in [0.717, 1.165) is 0 Å². The summed E-state index contributed by atoms with van der Waals surface area (Å²) in [5.41, 5.74) is 0.399. The molecule has 33 heavy (non-hydrogen) atoms. The quantitative estimate of drug-likeness (QED) is 0.264. The van der Waals surface area contributed by atoms with Crippen LogP contribution in [0.25, 0.3) is 6.08 Å². The van der Waals surface area contributed by atoms with E-state index >= 15 is 0 Å². The summed E-state index contributed by atoms with van der Waals surface area (Å²) in [6.07, 6.45) is 1.30. The molecule has 0 radical (unpaired) electrons. The van der Waals surface area contributed by atoms with Crippen molar-refractivity contribution in [3.05, 3.63) is 104 Å². The van der Waals surface area contributed by atoms with Crippen molar-refractivity contribution in [1.29, 1.82) is 0 Å². The maximum atomic E-state index is 13.2. The van der Waals surface area contributed by atoms with Gasteiger partial charge in [0, 0.05) is 22.3 Å². The number of amides is 2. The van der Waals surface area contributed by atoms with E-state index < -0.39 is 22.6 Å². The first-order valence-corrected chi connectivity index (χ1v) is 10.2. The molecule has 0 unspecified atom stereocenters. The number of nitro groups is 1. The van der Waals surface area contributed by atoms with Gasteiger partial charge in [-0.15, -0.1) is 0 Å².